The monoisotopic (exact) mass is 850 g/mol. The van der Waals surface area contributed by atoms with Crippen molar-refractivity contribution in [3.05, 3.63) is 119 Å². The summed E-state index contributed by atoms with van der Waals surface area (Å²) in [4.78, 5) is 22.7. The van der Waals surface area contributed by atoms with Crippen molar-refractivity contribution in [3.63, 3.8) is 0 Å². The van der Waals surface area contributed by atoms with Gasteiger partial charge in [0.2, 0.25) is 11.6 Å². The minimum absolute atomic E-state index is 0. The van der Waals surface area contributed by atoms with Crippen molar-refractivity contribution < 1.29 is 69.6 Å². The number of likely N-dealkylation sites (N-methyl/N-ethyl adjacent to an activating group) is 1. The number of rotatable bonds is 15. The van der Waals surface area contributed by atoms with Gasteiger partial charge in [-0.05, 0) is 107 Å². The van der Waals surface area contributed by atoms with E-state index >= 15 is 0 Å². The number of carbonyl (C=O) groups is 1. The first kappa shape index (κ1) is 45.7. The minimum Gasteiger partial charge on any atom is -0.744 e. The molecule has 306 valence electrons. The van der Waals surface area contributed by atoms with E-state index < -0.39 is 31.1 Å². The molecule has 0 spiro atoms. The average Bonchev–Trinajstić information content (AvgIpc) is 3.54. The topological polar surface area (TPSA) is 211 Å². The molecule has 0 bridgehead atoms. The first-order valence-corrected chi connectivity index (χ1v) is 21.8. The Morgan fingerprint density at radius 1 is 0.932 bits per heavy atom. The molecule has 1 unspecified atom stereocenters. The molecule has 0 saturated heterocycles. The van der Waals surface area contributed by atoms with Crippen LogP contribution in [-0.4, -0.2) is 65.2 Å². The first-order chi connectivity index (χ1) is 27.4. The van der Waals surface area contributed by atoms with Gasteiger partial charge in [0.1, 0.15) is 39.2 Å². The van der Waals surface area contributed by atoms with Crippen LogP contribution >= 0.6 is 0 Å². The number of nitrogens with zero attached hydrogens (tertiary/aromatic N) is 4. The Morgan fingerprint density at radius 3 is 2.20 bits per heavy atom. The molecule has 3 heterocycles. The van der Waals surface area contributed by atoms with E-state index in [0.717, 1.165) is 39.5 Å². The third-order valence-electron chi connectivity index (χ3n) is 10.9. The van der Waals surface area contributed by atoms with Gasteiger partial charge >= 0.3 is 35.6 Å². The van der Waals surface area contributed by atoms with Crippen molar-refractivity contribution >= 4 is 49.0 Å². The van der Waals surface area contributed by atoms with Crippen molar-refractivity contribution in [2.75, 3.05) is 23.7 Å². The standard InChI is InChI=1S/C42H48N6O8S2.Na/c1-6-47-34-19-17-30(57(50,51)52)24-32(34)41(3,4)36(47)10-8-11-37-42(5,33-25-31(58(53,54)55)18-20-35(33)48(37)7-2)22-9-12-39(49)45-26-28-13-15-29(16-14-28)27-56-40-44-23-21-38(43)46-40;/h8,10-11,13-21,23-25H,6-7,9,12,22,26-27H2,1-5H3,(H4-,43,44,45,46,49,50,51,52,53,54,55);/q;+1/p-1. The van der Waals surface area contributed by atoms with Gasteiger partial charge in [-0.15, -0.1) is 0 Å². The van der Waals surface area contributed by atoms with Gasteiger partial charge in [-0.25, -0.2) is 21.8 Å². The second-order valence-corrected chi connectivity index (χ2v) is 17.8. The molecule has 0 radical (unpaired) electrons. The van der Waals surface area contributed by atoms with E-state index in [9.17, 15) is 30.7 Å². The van der Waals surface area contributed by atoms with Crippen molar-refractivity contribution in [1.29, 1.82) is 0 Å². The van der Waals surface area contributed by atoms with Crippen LogP contribution in [0.15, 0.2) is 107 Å². The van der Waals surface area contributed by atoms with Crippen LogP contribution in [0.2, 0.25) is 0 Å². The number of carbonyl (C=O) groups excluding carboxylic acids is 1. The summed E-state index contributed by atoms with van der Waals surface area (Å²) in [6, 6.07) is 18.2. The fourth-order valence-electron chi connectivity index (χ4n) is 7.89. The van der Waals surface area contributed by atoms with Crippen LogP contribution in [0.3, 0.4) is 0 Å². The van der Waals surface area contributed by atoms with Crippen LogP contribution < -0.4 is 50.2 Å². The minimum atomic E-state index is -4.74. The number of allylic oxidation sites excluding steroid dienone is 4. The van der Waals surface area contributed by atoms with E-state index in [4.69, 9.17) is 10.5 Å². The molecule has 6 rings (SSSR count). The van der Waals surface area contributed by atoms with Crippen LogP contribution in [0.4, 0.5) is 17.2 Å². The quantitative estimate of drug-likeness (QED) is 0.101. The molecule has 1 atom stereocenters. The Hall–Kier alpha value is -4.42. The summed E-state index contributed by atoms with van der Waals surface area (Å²) < 4.78 is 79.8. The second-order valence-electron chi connectivity index (χ2n) is 15.0. The average molecular weight is 851 g/mol. The van der Waals surface area contributed by atoms with Gasteiger partial charge in [0.15, 0.2) is 5.71 Å². The van der Waals surface area contributed by atoms with Crippen LogP contribution in [0.25, 0.3) is 0 Å². The predicted molar refractivity (Wildman–Crippen MR) is 218 cm³/mol. The number of nitrogens with one attached hydrogen (secondary N) is 1. The van der Waals surface area contributed by atoms with E-state index in [-0.39, 0.29) is 64.3 Å². The normalized spacial score (nSPS) is 17.9. The number of fused-ring (bicyclic) bond motifs is 2. The number of aromatic nitrogens is 2. The molecule has 3 N–H and O–H groups in total. The van der Waals surface area contributed by atoms with Crippen molar-refractivity contribution in [2.45, 2.75) is 87.7 Å². The zero-order valence-electron chi connectivity index (χ0n) is 34.1. The molecule has 0 fully saturated rings. The summed E-state index contributed by atoms with van der Waals surface area (Å²) >= 11 is 0. The van der Waals surface area contributed by atoms with Crippen LogP contribution in [-0.2, 0) is 49.0 Å². The maximum absolute atomic E-state index is 13.1. The van der Waals surface area contributed by atoms with Gasteiger partial charge in [-0.2, -0.15) is 9.56 Å². The summed E-state index contributed by atoms with van der Waals surface area (Å²) in [6.07, 6.45) is 8.52. The van der Waals surface area contributed by atoms with E-state index in [0.29, 0.717) is 43.9 Å². The van der Waals surface area contributed by atoms with Crippen molar-refractivity contribution in [3.8, 4) is 6.01 Å². The molecule has 1 amide bonds. The summed E-state index contributed by atoms with van der Waals surface area (Å²) in [5, 5.41) is 2.98. The molecule has 0 saturated carbocycles. The van der Waals surface area contributed by atoms with Gasteiger partial charge in [0.05, 0.1) is 15.2 Å². The molecule has 4 aromatic rings. The molecular formula is C42H47N6NaO8S2. The predicted octanol–water partition coefficient (Wildman–Crippen LogP) is 2.57. The van der Waals surface area contributed by atoms with Crippen molar-refractivity contribution in [1.82, 2.24) is 15.3 Å². The number of anilines is 2. The maximum Gasteiger partial charge on any atom is 1.00 e. The van der Waals surface area contributed by atoms with Gasteiger partial charge in [0.25, 0.3) is 0 Å². The molecule has 3 aromatic carbocycles. The van der Waals surface area contributed by atoms with Crippen LogP contribution in [0.5, 0.6) is 6.01 Å². The number of nitrogens with two attached hydrogens (primary N) is 1. The number of nitrogen functional groups attached to an aromatic ring is 1. The maximum atomic E-state index is 13.1. The van der Waals surface area contributed by atoms with E-state index in [1.54, 1.807) is 18.2 Å². The van der Waals surface area contributed by atoms with E-state index in [1.165, 1.54) is 30.5 Å². The third-order valence-corrected chi connectivity index (χ3v) is 12.6. The molecule has 2 aliphatic rings. The molecule has 1 aromatic heterocycles. The number of amides is 1. The Labute approximate surface area is 368 Å². The summed E-state index contributed by atoms with van der Waals surface area (Å²) in [5.74, 6) is 0.171. The summed E-state index contributed by atoms with van der Waals surface area (Å²) in [7, 11) is -9.39. The number of hydrogen-bond acceptors (Lipinski definition) is 12. The zero-order valence-corrected chi connectivity index (χ0v) is 37.7. The smallest absolute Gasteiger partial charge is 0.744 e. The molecule has 0 aliphatic carbocycles. The largest absolute Gasteiger partial charge is 1.00 e. The fourth-order valence-corrected chi connectivity index (χ4v) is 8.88. The van der Waals surface area contributed by atoms with Gasteiger partial charge in [-0.3, -0.25) is 4.79 Å². The Kier molecular flexibility index (Phi) is 14.0. The number of hydrogen-bond donors (Lipinski definition) is 2. The van der Waals surface area contributed by atoms with E-state index in [2.05, 4.69) is 24.8 Å². The van der Waals surface area contributed by atoms with Gasteiger partial charge < -0.3 is 29.8 Å². The molecule has 17 heteroatoms. The second kappa shape index (κ2) is 18.1. The first-order valence-electron chi connectivity index (χ1n) is 18.9. The van der Waals surface area contributed by atoms with Crippen LogP contribution in [0.1, 0.15) is 76.1 Å². The summed E-state index contributed by atoms with van der Waals surface area (Å²) in [5.41, 5.74) is 10.8. The van der Waals surface area contributed by atoms with Crippen molar-refractivity contribution in [2.24, 2.45) is 0 Å². The Bertz CT molecular complexity index is 2560. The molecule has 59 heavy (non-hydrogen) atoms. The molecular weight excluding hydrogens is 804 g/mol. The zero-order chi connectivity index (χ0) is 42.0. The number of benzene rings is 3. The third kappa shape index (κ3) is 9.80. The number of ether oxygens (including phenoxy) is 1. The molecule has 14 nitrogen and oxygen atoms in total. The Morgan fingerprint density at radius 2 is 1.58 bits per heavy atom. The fraction of sp³-hybridized carbons (Fsp3) is 0.333. The van der Waals surface area contributed by atoms with E-state index in [1.807, 2.05) is 77.1 Å². The van der Waals surface area contributed by atoms with Gasteiger partial charge in [-0.1, -0.05) is 30.3 Å². The van der Waals surface area contributed by atoms with Gasteiger partial charge in [0, 0.05) is 60.2 Å². The van der Waals surface area contributed by atoms with Crippen LogP contribution in [0, 0.1) is 0 Å². The Balaban J connectivity index is 0.00000661. The molecule has 2 aliphatic heterocycles. The SMILES string of the molecule is CCN1/C(=C\C=C\C2=[N+](CC)c3ccc(S(=O)(=O)[O-])cc3C2(C)C)C(C)(CCCC(=O)NCc2ccc(COc3nccc(N)n3)cc2)c2cc(S(=O)(=O)[O-])ccc21.[Na+]. The summed E-state index contributed by atoms with van der Waals surface area (Å²) in [6.45, 7) is 11.6.